The molecule has 0 saturated carbocycles. The standard InChI is InChI=1S/C24H24O3/c1-5-24(25)27-21-12-8-19(9-13-21)23-15-16(2)22(14-17(23)3)18-6-10-20(26-4)11-7-18/h5-6,8-15,18H,1,7H2,2-4H3. The first-order valence-corrected chi connectivity index (χ1v) is 9.00. The van der Waals surface area contributed by atoms with Crippen molar-refractivity contribution in [3.05, 3.63) is 89.7 Å². The maximum atomic E-state index is 11.3. The second-order valence-electron chi connectivity index (χ2n) is 6.69. The smallest absolute Gasteiger partial charge is 0.335 e. The van der Waals surface area contributed by atoms with Crippen molar-refractivity contribution >= 4 is 5.97 Å². The molecule has 0 aliphatic heterocycles. The zero-order valence-corrected chi connectivity index (χ0v) is 16.0. The SMILES string of the molecule is C=CC(=O)Oc1ccc(-c2cc(C)c(C3C=CC(OC)=CC3)cc2C)cc1. The number of benzene rings is 2. The average molecular weight is 360 g/mol. The van der Waals surface area contributed by atoms with Crippen LogP contribution in [0.1, 0.15) is 29.0 Å². The van der Waals surface area contributed by atoms with Gasteiger partial charge < -0.3 is 9.47 Å². The van der Waals surface area contributed by atoms with Gasteiger partial charge >= 0.3 is 5.97 Å². The van der Waals surface area contributed by atoms with E-state index >= 15 is 0 Å². The van der Waals surface area contributed by atoms with Crippen LogP contribution in [0.3, 0.4) is 0 Å². The highest BCUT2D eigenvalue weighted by molar-refractivity contribution is 5.83. The molecule has 0 heterocycles. The molecule has 3 rings (SSSR count). The molecule has 0 amide bonds. The van der Waals surface area contributed by atoms with Crippen molar-refractivity contribution in [3.63, 3.8) is 0 Å². The molecule has 0 radical (unpaired) electrons. The highest BCUT2D eigenvalue weighted by Crippen LogP contribution is 2.34. The molecule has 3 heteroatoms. The van der Waals surface area contributed by atoms with E-state index in [1.165, 1.54) is 22.3 Å². The molecule has 0 aromatic heterocycles. The molecule has 1 aliphatic carbocycles. The zero-order chi connectivity index (χ0) is 19.4. The van der Waals surface area contributed by atoms with Gasteiger partial charge in [0.05, 0.1) is 7.11 Å². The van der Waals surface area contributed by atoms with E-state index in [-0.39, 0.29) is 0 Å². The Morgan fingerprint density at radius 1 is 1.15 bits per heavy atom. The van der Waals surface area contributed by atoms with E-state index < -0.39 is 5.97 Å². The molecule has 27 heavy (non-hydrogen) atoms. The fourth-order valence-corrected chi connectivity index (χ4v) is 3.39. The van der Waals surface area contributed by atoms with Crippen LogP contribution >= 0.6 is 0 Å². The van der Waals surface area contributed by atoms with Crippen LogP contribution in [0.5, 0.6) is 5.75 Å². The van der Waals surface area contributed by atoms with Crippen LogP contribution in [0, 0.1) is 13.8 Å². The van der Waals surface area contributed by atoms with E-state index in [2.05, 4.69) is 44.7 Å². The number of allylic oxidation sites excluding steroid dienone is 3. The van der Waals surface area contributed by atoms with E-state index in [0.29, 0.717) is 11.7 Å². The maximum absolute atomic E-state index is 11.3. The summed E-state index contributed by atoms with van der Waals surface area (Å²) in [5, 5.41) is 0. The number of carbonyl (C=O) groups excluding carboxylic acids is 1. The van der Waals surface area contributed by atoms with Crippen LogP contribution in [-0.4, -0.2) is 13.1 Å². The van der Waals surface area contributed by atoms with E-state index in [1.54, 1.807) is 19.2 Å². The lowest BCUT2D eigenvalue weighted by Gasteiger charge is -2.20. The van der Waals surface area contributed by atoms with Crippen LogP contribution in [-0.2, 0) is 9.53 Å². The van der Waals surface area contributed by atoms with Gasteiger partial charge in [0.1, 0.15) is 11.5 Å². The third-order valence-corrected chi connectivity index (χ3v) is 4.86. The summed E-state index contributed by atoms with van der Waals surface area (Å²) in [5.74, 6) is 1.36. The molecule has 1 unspecified atom stereocenters. The number of hydrogen-bond acceptors (Lipinski definition) is 3. The average Bonchev–Trinajstić information content (AvgIpc) is 2.70. The molecule has 0 spiro atoms. The second kappa shape index (κ2) is 8.09. The quantitative estimate of drug-likeness (QED) is 0.393. The van der Waals surface area contributed by atoms with E-state index in [9.17, 15) is 4.79 Å². The minimum atomic E-state index is -0.453. The Hall–Kier alpha value is -3.07. The van der Waals surface area contributed by atoms with Gasteiger partial charge in [-0.2, -0.15) is 0 Å². The molecule has 0 N–H and O–H groups in total. The third-order valence-electron chi connectivity index (χ3n) is 4.86. The summed E-state index contributed by atoms with van der Waals surface area (Å²) in [4.78, 5) is 11.3. The van der Waals surface area contributed by atoms with E-state index in [0.717, 1.165) is 23.8 Å². The summed E-state index contributed by atoms with van der Waals surface area (Å²) in [6.07, 6.45) is 8.49. The van der Waals surface area contributed by atoms with Gasteiger partial charge in [0.2, 0.25) is 0 Å². The second-order valence-corrected chi connectivity index (χ2v) is 6.69. The van der Waals surface area contributed by atoms with Gasteiger partial charge in [-0.15, -0.1) is 0 Å². The lowest BCUT2D eigenvalue weighted by molar-refractivity contribution is -0.128. The molecule has 1 aliphatic rings. The summed E-state index contributed by atoms with van der Waals surface area (Å²) in [6.45, 7) is 7.70. The summed E-state index contributed by atoms with van der Waals surface area (Å²) in [7, 11) is 1.70. The first kappa shape index (κ1) is 18.7. The number of aryl methyl sites for hydroxylation is 2. The van der Waals surface area contributed by atoms with Crippen LogP contribution < -0.4 is 4.74 Å². The number of esters is 1. The predicted molar refractivity (Wildman–Crippen MR) is 109 cm³/mol. The summed E-state index contributed by atoms with van der Waals surface area (Å²) < 4.78 is 10.4. The molecule has 1 atom stereocenters. The van der Waals surface area contributed by atoms with Crippen molar-refractivity contribution in [1.82, 2.24) is 0 Å². The highest BCUT2D eigenvalue weighted by Gasteiger charge is 2.16. The van der Waals surface area contributed by atoms with Gasteiger partial charge in [-0.3, -0.25) is 0 Å². The van der Waals surface area contributed by atoms with Crippen molar-refractivity contribution in [1.29, 1.82) is 0 Å². The number of ether oxygens (including phenoxy) is 2. The minimum Gasteiger partial charge on any atom is -0.497 e. The minimum absolute atomic E-state index is 0.373. The lowest BCUT2D eigenvalue weighted by atomic mass is 9.85. The fraction of sp³-hybridized carbons (Fsp3) is 0.208. The lowest BCUT2D eigenvalue weighted by Crippen LogP contribution is -2.03. The van der Waals surface area contributed by atoms with E-state index in [4.69, 9.17) is 9.47 Å². The molecule has 138 valence electrons. The third kappa shape index (κ3) is 4.20. The van der Waals surface area contributed by atoms with Gasteiger partial charge in [0.25, 0.3) is 0 Å². The van der Waals surface area contributed by atoms with Gasteiger partial charge in [-0.05, 0) is 72.4 Å². The van der Waals surface area contributed by atoms with Gasteiger partial charge in [0.15, 0.2) is 0 Å². The van der Waals surface area contributed by atoms with Crippen molar-refractivity contribution in [2.24, 2.45) is 0 Å². The Labute approximate surface area is 160 Å². The number of carbonyl (C=O) groups is 1. The first-order valence-electron chi connectivity index (χ1n) is 9.00. The number of methoxy groups -OCH3 is 1. The molecular formula is C24H24O3. The van der Waals surface area contributed by atoms with Crippen LogP contribution in [0.4, 0.5) is 0 Å². The normalized spacial score (nSPS) is 15.8. The monoisotopic (exact) mass is 360 g/mol. The number of rotatable bonds is 5. The van der Waals surface area contributed by atoms with E-state index in [1.807, 2.05) is 18.2 Å². The maximum Gasteiger partial charge on any atom is 0.335 e. The molecule has 3 nitrogen and oxygen atoms in total. The highest BCUT2D eigenvalue weighted by atomic mass is 16.5. The van der Waals surface area contributed by atoms with Crippen LogP contribution in [0.15, 0.2) is 73.0 Å². The molecule has 0 fully saturated rings. The number of hydrogen-bond donors (Lipinski definition) is 0. The topological polar surface area (TPSA) is 35.5 Å². The Morgan fingerprint density at radius 2 is 1.89 bits per heavy atom. The molecule has 0 saturated heterocycles. The molecule has 0 bridgehead atoms. The molecule has 2 aromatic rings. The Morgan fingerprint density at radius 3 is 2.48 bits per heavy atom. The van der Waals surface area contributed by atoms with Crippen LogP contribution in [0.2, 0.25) is 0 Å². The Balaban J connectivity index is 1.85. The fourth-order valence-electron chi connectivity index (χ4n) is 3.39. The summed E-state index contributed by atoms with van der Waals surface area (Å²) in [6, 6.07) is 12.1. The van der Waals surface area contributed by atoms with Crippen molar-refractivity contribution < 1.29 is 14.3 Å². The Kier molecular flexibility index (Phi) is 5.60. The largest absolute Gasteiger partial charge is 0.497 e. The Bertz CT molecular complexity index is 917. The van der Waals surface area contributed by atoms with Crippen molar-refractivity contribution in [2.75, 3.05) is 7.11 Å². The van der Waals surface area contributed by atoms with Gasteiger partial charge in [-0.25, -0.2) is 4.79 Å². The molecule has 2 aromatic carbocycles. The van der Waals surface area contributed by atoms with Crippen LogP contribution in [0.25, 0.3) is 11.1 Å². The zero-order valence-electron chi connectivity index (χ0n) is 16.0. The van der Waals surface area contributed by atoms with Crippen molar-refractivity contribution in [3.8, 4) is 16.9 Å². The predicted octanol–water partition coefficient (Wildman–Crippen LogP) is 5.64. The van der Waals surface area contributed by atoms with Gasteiger partial charge in [-0.1, -0.05) is 36.9 Å². The van der Waals surface area contributed by atoms with Gasteiger partial charge in [0, 0.05) is 12.0 Å². The summed E-state index contributed by atoms with van der Waals surface area (Å²) in [5.41, 5.74) is 6.12. The summed E-state index contributed by atoms with van der Waals surface area (Å²) >= 11 is 0. The molecular weight excluding hydrogens is 336 g/mol. The first-order chi connectivity index (χ1) is 13.0. The van der Waals surface area contributed by atoms with Crippen molar-refractivity contribution in [2.45, 2.75) is 26.2 Å².